The molecule has 0 aliphatic carbocycles. The first kappa shape index (κ1) is 29.3. The number of halogens is 1. The number of nitrogens with zero attached hydrogens (tertiary/aromatic N) is 6. The Bertz CT molecular complexity index is 2060. The summed E-state index contributed by atoms with van der Waals surface area (Å²) in [6, 6.07) is 16.3. The summed E-state index contributed by atoms with van der Waals surface area (Å²) in [5.74, 6) is 0. The van der Waals surface area contributed by atoms with Crippen molar-refractivity contribution in [2.24, 2.45) is 0 Å². The van der Waals surface area contributed by atoms with E-state index in [1.54, 1.807) is 49.9 Å². The summed E-state index contributed by atoms with van der Waals surface area (Å²) in [6.07, 6.45) is 6.35. The molecule has 2 aliphatic rings. The first-order chi connectivity index (χ1) is 21.7. The molecule has 228 valence electrons. The average molecular weight is 643 g/mol. The number of hydrogen-bond acceptors (Lipinski definition) is 9. The Kier molecular flexibility index (Phi) is 7.26. The summed E-state index contributed by atoms with van der Waals surface area (Å²) < 4.78 is 33.2. The highest BCUT2D eigenvalue weighted by Crippen LogP contribution is 2.53. The van der Waals surface area contributed by atoms with Crippen LogP contribution in [0.15, 0.2) is 90.5 Å². The molecule has 3 aromatic carbocycles. The molecule has 0 spiro atoms. The Morgan fingerprint density at radius 1 is 0.911 bits per heavy atom. The zero-order chi connectivity index (χ0) is 31.3. The van der Waals surface area contributed by atoms with Crippen molar-refractivity contribution in [3.63, 3.8) is 0 Å². The van der Waals surface area contributed by atoms with Crippen LogP contribution in [-0.4, -0.2) is 62.6 Å². The van der Waals surface area contributed by atoms with Gasteiger partial charge in [0, 0.05) is 63.3 Å². The number of urea groups is 1. The fourth-order valence-electron chi connectivity index (χ4n) is 5.88. The van der Waals surface area contributed by atoms with Crippen molar-refractivity contribution in [3.05, 3.63) is 96.2 Å². The number of rotatable bonds is 6. The third kappa shape index (κ3) is 4.91. The summed E-state index contributed by atoms with van der Waals surface area (Å²) in [7, 11) is -2.95. The van der Waals surface area contributed by atoms with E-state index >= 15 is 0 Å². The molecule has 1 unspecified atom stereocenters. The zero-order valence-corrected chi connectivity index (χ0v) is 26.1. The van der Waals surface area contributed by atoms with Gasteiger partial charge in [0.2, 0.25) is 5.69 Å². The highest BCUT2D eigenvalue weighted by Gasteiger charge is 2.60. The van der Waals surface area contributed by atoms with Crippen LogP contribution in [0.1, 0.15) is 5.56 Å². The lowest BCUT2D eigenvalue weighted by molar-refractivity contribution is 0.0639. The molecule has 13 heteroatoms. The number of amides is 2. The zero-order valence-electron chi connectivity index (χ0n) is 24.5. The third-order valence-electron chi connectivity index (χ3n) is 8.22. The predicted molar refractivity (Wildman–Crippen MR) is 174 cm³/mol. The number of hydrogen-bond donors (Lipinski definition) is 1. The van der Waals surface area contributed by atoms with Gasteiger partial charge in [-0.05, 0) is 51.7 Å². The van der Waals surface area contributed by atoms with Gasteiger partial charge in [0.15, 0.2) is 5.69 Å². The monoisotopic (exact) mass is 642 g/mol. The quantitative estimate of drug-likeness (QED) is 0.236. The van der Waals surface area contributed by atoms with E-state index in [0.717, 1.165) is 48.6 Å². The third-order valence-corrected chi connectivity index (χ3v) is 9.79. The minimum absolute atomic E-state index is 0.0847. The molecule has 5 aromatic rings. The van der Waals surface area contributed by atoms with Gasteiger partial charge in [0.05, 0.1) is 32.7 Å². The normalized spacial score (nSPS) is 18.4. The van der Waals surface area contributed by atoms with Crippen LogP contribution in [0.3, 0.4) is 0 Å². The van der Waals surface area contributed by atoms with Gasteiger partial charge in [-0.25, -0.2) is 14.8 Å². The van der Waals surface area contributed by atoms with E-state index in [9.17, 15) is 13.2 Å². The number of piperazine rings is 1. The summed E-state index contributed by atoms with van der Waals surface area (Å²) in [5.41, 5.74) is 4.63. The number of aryl methyl sites for hydroxylation is 1. The summed E-state index contributed by atoms with van der Waals surface area (Å²) in [5, 5.41) is 4.22. The highest BCUT2D eigenvalue weighted by molar-refractivity contribution is 7.86. The maximum absolute atomic E-state index is 14.5. The maximum atomic E-state index is 14.5. The summed E-state index contributed by atoms with van der Waals surface area (Å²) >= 11 is 6.92. The van der Waals surface area contributed by atoms with Crippen molar-refractivity contribution in [1.29, 1.82) is 0 Å². The van der Waals surface area contributed by atoms with E-state index in [1.165, 1.54) is 23.4 Å². The van der Waals surface area contributed by atoms with Gasteiger partial charge < -0.3 is 10.2 Å². The topological polar surface area (TPSA) is 118 Å². The molecule has 1 fully saturated rings. The summed E-state index contributed by atoms with van der Waals surface area (Å²) in [4.78, 5) is 30.9. The molecule has 0 bridgehead atoms. The Balaban J connectivity index is 1.49. The molecule has 2 amide bonds. The largest absolute Gasteiger partial charge is 0.468 e. The molecule has 2 aliphatic heterocycles. The fraction of sp³-hybridized carbons (Fsp3) is 0.188. The van der Waals surface area contributed by atoms with Gasteiger partial charge in [-0.1, -0.05) is 35.4 Å². The Hall–Kier alpha value is -4.46. The molecule has 4 heterocycles. The average Bonchev–Trinajstić information content (AvgIpc) is 3.27. The van der Waals surface area contributed by atoms with Gasteiger partial charge in [0.25, 0.3) is 0 Å². The number of hydroxylamine groups is 1. The summed E-state index contributed by atoms with van der Waals surface area (Å²) in [6.45, 7) is 4.98. The van der Waals surface area contributed by atoms with Crippen LogP contribution in [0.2, 0.25) is 5.02 Å². The van der Waals surface area contributed by atoms with Crippen molar-refractivity contribution in [1.82, 2.24) is 24.9 Å². The lowest BCUT2D eigenvalue weighted by Crippen LogP contribution is -2.51. The van der Waals surface area contributed by atoms with Gasteiger partial charge in [-0.2, -0.15) is 8.42 Å². The smallest absolute Gasteiger partial charge is 0.368 e. The van der Waals surface area contributed by atoms with Crippen molar-refractivity contribution in [3.8, 4) is 11.1 Å². The maximum Gasteiger partial charge on any atom is 0.468 e. The Labute approximate surface area is 265 Å². The second kappa shape index (κ2) is 11.2. The van der Waals surface area contributed by atoms with Crippen molar-refractivity contribution >= 4 is 61.4 Å². The number of aromatic nitrogens is 3. The van der Waals surface area contributed by atoms with Crippen molar-refractivity contribution in [2.75, 3.05) is 43.0 Å². The van der Waals surface area contributed by atoms with Gasteiger partial charge >= 0.3 is 16.1 Å². The van der Waals surface area contributed by atoms with Crippen molar-refractivity contribution in [2.45, 2.75) is 11.8 Å². The van der Waals surface area contributed by atoms with Crippen LogP contribution in [0.5, 0.6) is 0 Å². The van der Waals surface area contributed by atoms with Gasteiger partial charge in [-0.3, -0.25) is 9.88 Å². The molecule has 1 N–H and O–H groups in total. The van der Waals surface area contributed by atoms with Crippen molar-refractivity contribution < 1.29 is 17.5 Å². The van der Waals surface area contributed by atoms with Crippen LogP contribution >= 0.6 is 11.6 Å². The van der Waals surface area contributed by atoms with Crippen LogP contribution in [0.25, 0.3) is 22.0 Å². The van der Waals surface area contributed by atoms with E-state index in [-0.39, 0.29) is 10.6 Å². The van der Waals surface area contributed by atoms with E-state index in [2.05, 4.69) is 25.2 Å². The minimum Gasteiger partial charge on any atom is -0.368 e. The molecular formula is C32H29ClN7O4S+. The van der Waals surface area contributed by atoms with E-state index in [1.807, 2.05) is 31.2 Å². The number of benzene rings is 3. The molecule has 0 saturated carbocycles. The number of fused-ring (bicyclic) bond motifs is 3. The number of nitrogens with one attached hydrogen (secondary N) is 1. The molecule has 45 heavy (non-hydrogen) atoms. The van der Waals surface area contributed by atoms with Gasteiger partial charge in [-0.15, -0.1) is 0 Å². The SMILES string of the molecule is Cc1ccc(S(=O)(=O)O[N+]2(c3ccc(N4CCNCC4)c(Cl)c3)C(=O)N(C)c3cnc4ccc(-c5cncnc5)cc4c32)cc1. The molecule has 11 nitrogen and oxygen atoms in total. The molecule has 2 aromatic heterocycles. The molecule has 7 rings (SSSR count). The minimum atomic E-state index is -4.52. The predicted octanol–water partition coefficient (Wildman–Crippen LogP) is 5.59. The number of pyridine rings is 1. The molecule has 0 radical (unpaired) electrons. The van der Waals surface area contributed by atoms with Crippen LogP contribution in [0, 0.1) is 6.92 Å². The number of quaternary nitrogens is 1. The van der Waals surface area contributed by atoms with E-state index in [4.69, 9.17) is 15.9 Å². The molecule has 1 atom stereocenters. The molecule has 1 saturated heterocycles. The number of anilines is 2. The van der Waals surface area contributed by atoms with Gasteiger partial charge in [0.1, 0.15) is 12.0 Å². The van der Waals surface area contributed by atoms with E-state index < -0.39 is 20.8 Å². The second-order valence-electron chi connectivity index (χ2n) is 11.0. The Morgan fingerprint density at radius 3 is 2.36 bits per heavy atom. The molecular weight excluding hydrogens is 614 g/mol. The lowest BCUT2D eigenvalue weighted by Gasteiger charge is -2.31. The standard InChI is InChI=1S/C32H29ClN7O4S/c1-21-3-7-25(8-4-21)45(42,43)44-40(24-6-10-29(27(33)16-24)39-13-11-34-12-14-39)31-26-15-22(23-17-35-20-36-18-23)5-9-28(26)37-19-30(31)38(2)32(40)41/h3-10,15-20,34H,11-14H2,1-2H3/q+1. The van der Waals surface area contributed by atoms with Crippen LogP contribution < -0.4 is 19.8 Å². The first-order valence-corrected chi connectivity index (χ1v) is 16.1. The van der Waals surface area contributed by atoms with E-state index in [0.29, 0.717) is 27.3 Å². The fourth-order valence-corrected chi connectivity index (χ4v) is 7.25. The number of carbonyl (C=O) groups is 1. The Morgan fingerprint density at radius 2 is 1.64 bits per heavy atom. The lowest BCUT2D eigenvalue weighted by atomic mass is 10.0. The first-order valence-electron chi connectivity index (χ1n) is 14.3. The van der Waals surface area contributed by atoms with Crippen LogP contribution in [-0.2, 0) is 14.4 Å². The second-order valence-corrected chi connectivity index (χ2v) is 13.0. The van der Waals surface area contributed by atoms with Crippen LogP contribution in [0.4, 0.5) is 27.5 Å². The number of carbonyl (C=O) groups excluding carboxylic acids is 1. The highest BCUT2D eigenvalue weighted by atomic mass is 35.5.